The molecule has 3 fully saturated rings. The third-order valence-corrected chi connectivity index (χ3v) is 8.68. The first-order chi connectivity index (χ1) is 14.0. The van der Waals surface area contributed by atoms with Crippen molar-refractivity contribution in [1.82, 2.24) is 0 Å². The van der Waals surface area contributed by atoms with E-state index in [0.717, 1.165) is 0 Å². The average Bonchev–Trinajstić information content (AvgIpc) is 2.86. The summed E-state index contributed by atoms with van der Waals surface area (Å²) >= 11 is 0. The van der Waals surface area contributed by atoms with Crippen LogP contribution in [0, 0.1) is 34.5 Å². The van der Waals surface area contributed by atoms with Crippen molar-refractivity contribution in [3.63, 3.8) is 0 Å². The number of hydrogen-bond donors (Lipinski definition) is 1. The predicted molar refractivity (Wildman–Crippen MR) is 108 cm³/mol. The fourth-order valence-electron chi connectivity index (χ4n) is 7.53. The number of hydrogen-bond acceptors (Lipinski definition) is 4. The van der Waals surface area contributed by atoms with E-state index < -0.39 is 34.7 Å². The molecule has 0 bridgehead atoms. The van der Waals surface area contributed by atoms with Crippen LogP contribution in [-0.2, 0) is 14.3 Å². The van der Waals surface area contributed by atoms with Gasteiger partial charge in [-0.25, -0.2) is 8.78 Å². The highest BCUT2D eigenvalue weighted by atomic mass is 19.1. The van der Waals surface area contributed by atoms with Crippen LogP contribution in [0.2, 0.25) is 0 Å². The topological polar surface area (TPSA) is 63.6 Å². The second-order valence-corrected chi connectivity index (χ2v) is 10.6. The minimum Gasteiger partial charge on any atom is -0.390 e. The van der Waals surface area contributed by atoms with Crippen LogP contribution in [-0.4, -0.2) is 48.3 Å². The van der Waals surface area contributed by atoms with Gasteiger partial charge in [0.05, 0.1) is 6.10 Å². The smallest absolute Gasteiger partial charge is 0.178 e. The van der Waals surface area contributed by atoms with Crippen molar-refractivity contribution in [2.24, 2.45) is 34.5 Å². The van der Waals surface area contributed by atoms with Crippen LogP contribution in [0.5, 0.6) is 0 Å². The van der Waals surface area contributed by atoms with Gasteiger partial charge in [-0.15, -0.1) is 0 Å². The number of aliphatic hydroxyl groups is 1. The molecule has 0 aliphatic heterocycles. The van der Waals surface area contributed by atoms with Gasteiger partial charge in [0, 0.05) is 24.4 Å². The average molecular weight is 423 g/mol. The second-order valence-electron chi connectivity index (χ2n) is 10.6. The second kappa shape index (κ2) is 7.06. The lowest BCUT2D eigenvalue weighted by Gasteiger charge is -2.54. The Kier molecular flexibility index (Phi) is 5.13. The number of fused-ring (bicyclic) bond motifs is 4. The molecule has 3 unspecified atom stereocenters. The van der Waals surface area contributed by atoms with Crippen molar-refractivity contribution in [2.75, 3.05) is 13.7 Å². The monoisotopic (exact) mass is 422 g/mol. The maximum atomic E-state index is 16.7. The molecule has 0 aromatic heterocycles. The molecule has 0 spiro atoms. The first kappa shape index (κ1) is 21.8. The van der Waals surface area contributed by atoms with Crippen LogP contribution >= 0.6 is 0 Å². The summed E-state index contributed by atoms with van der Waals surface area (Å²) in [4.78, 5) is 24.8. The zero-order valence-electron chi connectivity index (χ0n) is 18.2. The highest BCUT2D eigenvalue weighted by molar-refractivity contribution is 6.01. The Morgan fingerprint density at radius 3 is 2.67 bits per heavy atom. The summed E-state index contributed by atoms with van der Waals surface area (Å²) < 4.78 is 37.3. The summed E-state index contributed by atoms with van der Waals surface area (Å²) in [5, 5.41) is 11.1. The summed E-state index contributed by atoms with van der Waals surface area (Å²) in [7, 11) is 1.48. The minimum absolute atomic E-state index is 0.0112. The zero-order valence-corrected chi connectivity index (χ0v) is 18.2. The lowest BCUT2D eigenvalue weighted by molar-refractivity contribution is -0.165. The molecule has 6 heteroatoms. The van der Waals surface area contributed by atoms with Gasteiger partial charge in [0.2, 0.25) is 0 Å². The summed E-state index contributed by atoms with van der Waals surface area (Å²) in [6, 6.07) is 0. The van der Waals surface area contributed by atoms with Crippen LogP contribution in [0.1, 0.15) is 46.5 Å². The van der Waals surface area contributed by atoms with Crippen LogP contribution < -0.4 is 0 Å². The summed E-state index contributed by atoms with van der Waals surface area (Å²) in [6.07, 6.45) is 2.19. The first-order valence-corrected chi connectivity index (χ1v) is 10.9. The molecule has 4 aliphatic rings. The van der Waals surface area contributed by atoms with E-state index in [1.807, 2.05) is 13.8 Å². The van der Waals surface area contributed by atoms with Crippen LogP contribution in [0.3, 0.4) is 0 Å². The Morgan fingerprint density at radius 2 is 2.00 bits per heavy atom. The third-order valence-electron chi connectivity index (χ3n) is 8.68. The fourth-order valence-corrected chi connectivity index (χ4v) is 7.53. The molecule has 166 valence electrons. The fraction of sp³-hybridized carbons (Fsp3) is 0.750. The molecule has 0 aromatic carbocycles. The van der Waals surface area contributed by atoms with Gasteiger partial charge in [0.1, 0.15) is 18.4 Å². The number of alkyl halides is 2. The molecule has 0 aromatic rings. The molecule has 3 saturated carbocycles. The molecular formula is C24H32F2O4. The van der Waals surface area contributed by atoms with Crippen LogP contribution in [0.15, 0.2) is 23.8 Å². The van der Waals surface area contributed by atoms with Crippen molar-refractivity contribution in [3.05, 3.63) is 23.8 Å². The maximum Gasteiger partial charge on any atom is 0.178 e. The molecule has 4 rings (SSSR count). The van der Waals surface area contributed by atoms with E-state index in [2.05, 4.69) is 0 Å². The quantitative estimate of drug-likeness (QED) is 0.752. The van der Waals surface area contributed by atoms with Crippen molar-refractivity contribution in [1.29, 1.82) is 0 Å². The molecule has 30 heavy (non-hydrogen) atoms. The number of carbonyl (C=O) groups excluding carboxylic acids is 2. The first-order valence-electron chi connectivity index (χ1n) is 10.9. The number of aliphatic hydroxyl groups excluding tert-OH is 1. The minimum atomic E-state index is -1.97. The largest absolute Gasteiger partial charge is 0.390 e. The Labute approximate surface area is 176 Å². The molecule has 0 heterocycles. The maximum absolute atomic E-state index is 16.7. The van der Waals surface area contributed by atoms with Crippen molar-refractivity contribution < 1.29 is 28.2 Å². The highest BCUT2D eigenvalue weighted by Gasteiger charge is 2.68. The highest BCUT2D eigenvalue weighted by Crippen LogP contribution is 2.66. The summed E-state index contributed by atoms with van der Waals surface area (Å²) in [5.74, 6) is -1.58. The lowest BCUT2D eigenvalue weighted by Crippen LogP contribution is -2.59. The van der Waals surface area contributed by atoms with E-state index in [0.29, 0.717) is 12.0 Å². The van der Waals surface area contributed by atoms with E-state index in [-0.39, 0.29) is 55.2 Å². The van der Waals surface area contributed by atoms with Gasteiger partial charge >= 0.3 is 0 Å². The zero-order chi connectivity index (χ0) is 22.1. The van der Waals surface area contributed by atoms with Crippen LogP contribution in [0.25, 0.3) is 0 Å². The number of methoxy groups -OCH3 is 1. The number of carbonyl (C=O) groups is 2. The van der Waals surface area contributed by atoms with E-state index in [1.165, 1.54) is 19.3 Å². The normalized spacial score (nSPS) is 50.2. The van der Waals surface area contributed by atoms with Crippen LogP contribution in [0.4, 0.5) is 8.78 Å². The Balaban J connectivity index is 1.77. The van der Waals surface area contributed by atoms with E-state index in [1.54, 1.807) is 13.0 Å². The molecule has 4 aliphatic carbocycles. The summed E-state index contributed by atoms with van der Waals surface area (Å²) in [6.45, 7) is 5.68. The van der Waals surface area contributed by atoms with Gasteiger partial charge < -0.3 is 9.84 Å². The number of halogens is 2. The predicted octanol–water partition coefficient (Wildman–Crippen LogP) is 3.77. The summed E-state index contributed by atoms with van der Waals surface area (Å²) in [5.41, 5.74) is -3.21. The standard InChI is InChI=1S/C24H32F2O4/c1-13-7-15-16-9-18(25)17-8-14(27)5-6-22(17,2)12-24(16,26)20(29)10-23(15,3)21(13)19(28)11-30-4/h5-6,8,13,15-16,18,20-21,29H,7,9-12H2,1-4H3/t13-,15?,16+,18+,20+,21?,22-,23?,24+/m1/s1. The van der Waals surface area contributed by atoms with Crippen molar-refractivity contribution in [3.8, 4) is 0 Å². The molecule has 0 amide bonds. The lowest BCUT2D eigenvalue weighted by atomic mass is 9.53. The van der Waals surface area contributed by atoms with Gasteiger partial charge in [-0.2, -0.15) is 0 Å². The Morgan fingerprint density at radius 1 is 1.30 bits per heavy atom. The van der Waals surface area contributed by atoms with Gasteiger partial charge in [-0.05, 0) is 60.7 Å². The van der Waals surface area contributed by atoms with E-state index >= 15 is 8.78 Å². The molecule has 9 atom stereocenters. The SMILES string of the molecule is COCC(=O)C1[C@H](C)CC2[C@@H]3C[C@H](F)C4=CC(=O)C=C[C@]4(C)C[C@@]3(F)[C@@H](O)CC12C. The number of rotatable bonds is 3. The molecule has 0 saturated heterocycles. The number of allylic oxidation sites excluding steroid dienone is 4. The Bertz CT molecular complexity index is 822. The number of ketones is 2. The van der Waals surface area contributed by atoms with E-state index in [9.17, 15) is 14.7 Å². The Hall–Kier alpha value is -1.40. The van der Waals surface area contributed by atoms with E-state index in [4.69, 9.17) is 4.74 Å². The van der Waals surface area contributed by atoms with Gasteiger partial charge in [-0.1, -0.05) is 26.8 Å². The molecule has 1 N–H and O–H groups in total. The number of Topliss-reactive ketones (excluding diaryl/α,β-unsaturated/α-hetero) is 1. The number of ether oxygens (including phenoxy) is 1. The molecular weight excluding hydrogens is 390 g/mol. The van der Waals surface area contributed by atoms with Crippen molar-refractivity contribution >= 4 is 11.6 Å². The van der Waals surface area contributed by atoms with Gasteiger partial charge in [0.25, 0.3) is 0 Å². The van der Waals surface area contributed by atoms with Gasteiger partial charge in [0.15, 0.2) is 11.6 Å². The van der Waals surface area contributed by atoms with Crippen molar-refractivity contribution in [2.45, 2.75) is 64.4 Å². The molecule has 0 radical (unpaired) electrons. The van der Waals surface area contributed by atoms with Gasteiger partial charge in [-0.3, -0.25) is 9.59 Å². The molecule has 4 nitrogen and oxygen atoms in total. The third kappa shape index (κ3) is 2.97.